The molecule has 1 N–H and O–H groups in total. The minimum Gasteiger partial charge on any atom is -0.309 e. The Labute approximate surface area is 148 Å². The van der Waals surface area contributed by atoms with Crippen LogP contribution in [0.25, 0.3) is 0 Å². The van der Waals surface area contributed by atoms with Crippen LogP contribution in [0, 0.1) is 18.7 Å². The summed E-state index contributed by atoms with van der Waals surface area (Å²) in [6, 6.07) is 4.75. The number of aromatic nitrogens is 1. The van der Waals surface area contributed by atoms with Crippen LogP contribution in [0.15, 0.2) is 18.2 Å². The molecule has 7 heteroatoms. The van der Waals surface area contributed by atoms with Crippen molar-refractivity contribution in [2.45, 2.75) is 32.6 Å². The molecule has 0 spiro atoms. The predicted molar refractivity (Wildman–Crippen MR) is 94.4 cm³/mol. The molecule has 0 radical (unpaired) electrons. The average molecular weight is 359 g/mol. The van der Waals surface area contributed by atoms with Crippen molar-refractivity contribution in [3.63, 3.8) is 0 Å². The summed E-state index contributed by atoms with van der Waals surface area (Å²) in [5, 5.41) is 3.42. The molecule has 2 aliphatic rings. The molecule has 1 aliphatic heterocycles. The number of amides is 2. The number of aryl methyl sites for hydroxylation is 3. The third kappa shape index (κ3) is 3.04. The first kappa shape index (κ1) is 16.2. The maximum atomic E-state index is 14.1. The first-order chi connectivity index (χ1) is 12.0. The predicted octanol–water partition coefficient (Wildman–Crippen LogP) is 3.07. The highest BCUT2D eigenvalue weighted by atomic mass is 32.1. The normalized spacial score (nSPS) is 19.4. The molecule has 1 aromatic carbocycles. The largest absolute Gasteiger partial charge is 0.309 e. The van der Waals surface area contributed by atoms with E-state index >= 15 is 0 Å². The standard InChI is InChI=1S/C18H18FN3O2S/c1-10-5-6-14(12(19)7-10)22-9-11(8-16(22)23)17(24)21-18-20-13-3-2-4-15(13)25-18/h5-7,11H,2-4,8-9H2,1H3,(H,20,21,24). The van der Waals surface area contributed by atoms with Crippen molar-refractivity contribution in [2.75, 3.05) is 16.8 Å². The Hall–Kier alpha value is -2.28. The van der Waals surface area contributed by atoms with Gasteiger partial charge in [-0.2, -0.15) is 0 Å². The van der Waals surface area contributed by atoms with E-state index in [-0.39, 0.29) is 30.5 Å². The SMILES string of the molecule is Cc1ccc(N2CC(C(=O)Nc3nc4c(s3)CCC4)CC2=O)c(F)c1. The highest BCUT2D eigenvalue weighted by molar-refractivity contribution is 7.15. The highest BCUT2D eigenvalue weighted by Crippen LogP contribution is 2.32. The maximum Gasteiger partial charge on any atom is 0.231 e. The van der Waals surface area contributed by atoms with Crippen molar-refractivity contribution >= 4 is 34.0 Å². The third-order valence-electron chi connectivity index (χ3n) is 4.72. The molecule has 2 aromatic rings. The fourth-order valence-corrected chi connectivity index (χ4v) is 4.45. The number of halogens is 1. The number of rotatable bonds is 3. The smallest absolute Gasteiger partial charge is 0.231 e. The molecule has 0 bridgehead atoms. The molecule has 1 unspecified atom stereocenters. The van der Waals surface area contributed by atoms with Gasteiger partial charge in [-0.15, -0.1) is 11.3 Å². The number of carbonyl (C=O) groups is 2. The summed E-state index contributed by atoms with van der Waals surface area (Å²) >= 11 is 1.51. The lowest BCUT2D eigenvalue weighted by Crippen LogP contribution is -2.28. The van der Waals surface area contributed by atoms with Gasteiger partial charge in [0.1, 0.15) is 5.82 Å². The fourth-order valence-electron chi connectivity index (χ4n) is 3.40. The molecule has 25 heavy (non-hydrogen) atoms. The monoisotopic (exact) mass is 359 g/mol. The zero-order valence-electron chi connectivity index (χ0n) is 13.8. The Morgan fingerprint density at radius 2 is 2.24 bits per heavy atom. The van der Waals surface area contributed by atoms with Gasteiger partial charge >= 0.3 is 0 Å². The van der Waals surface area contributed by atoms with Gasteiger partial charge in [0.05, 0.1) is 17.3 Å². The van der Waals surface area contributed by atoms with Crippen molar-refractivity contribution in [3.05, 3.63) is 40.2 Å². The fraction of sp³-hybridized carbons (Fsp3) is 0.389. The van der Waals surface area contributed by atoms with Gasteiger partial charge in [0.2, 0.25) is 11.8 Å². The average Bonchev–Trinajstić information content (AvgIpc) is 3.22. The molecule has 1 fully saturated rings. The van der Waals surface area contributed by atoms with Crippen molar-refractivity contribution in [3.8, 4) is 0 Å². The van der Waals surface area contributed by atoms with E-state index in [1.807, 2.05) is 0 Å². The second kappa shape index (κ2) is 6.22. The Morgan fingerprint density at radius 3 is 3.00 bits per heavy atom. The van der Waals surface area contributed by atoms with Gasteiger partial charge in [-0.05, 0) is 43.9 Å². The van der Waals surface area contributed by atoms with E-state index in [1.54, 1.807) is 19.1 Å². The second-order valence-electron chi connectivity index (χ2n) is 6.59. The Kier molecular flexibility index (Phi) is 4.03. The lowest BCUT2D eigenvalue weighted by molar-refractivity contribution is -0.122. The van der Waals surface area contributed by atoms with Gasteiger partial charge in [-0.3, -0.25) is 9.59 Å². The van der Waals surface area contributed by atoms with Gasteiger partial charge in [-0.1, -0.05) is 6.07 Å². The molecule has 1 aromatic heterocycles. The number of anilines is 2. The first-order valence-electron chi connectivity index (χ1n) is 8.37. The Morgan fingerprint density at radius 1 is 1.40 bits per heavy atom. The molecular weight excluding hydrogens is 341 g/mol. The Bertz CT molecular complexity index is 843. The van der Waals surface area contributed by atoms with E-state index in [1.165, 1.54) is 27.2 Å². The molecule has 130 valence electrons. The minimum absolute atomic E-state index is 0.0875. The van der Waals surface area contributed by atoms with Crippen LogP contribution in [0.1, 0.15) is 29.0 Å². The van der Waals surface area contributed by atoms with Gasteiger partial charge in [-0.25, -0.2) is 9.37 Å². The number of fused-ring (bicyclic) bond motifs is 1. The molecule has 0 saturated carbocycles. The van der Waals surface area contributed by atoms with Gasteiger partial charge in [0.15, 0.2) is 5.13 Å². The summed E-state index contributed by atoms with van der Waals surface area (Å²) < 4.78 is 14.1. The second-order valence-corrected chi connectivity index (χ2v) is 7.68. The molecule has 1 aliphatic carbocycles. The summed E-state index contributed by atoms with van der Waals surface area (Å²) in [5.41, 5.74) is 2.10. The molecule has 5 nitrogen and oxygen atoms in total. The van der Waals surface area contributed by atoms with Crippen LogP contribution in [0.5, 0.6) is 0 Å². The van der Waals surface area contributed by atoms with Gasteiger partial charge < -0.3 is 10.2 Å². The number of hydrogen-bond acceptors (Lipinski definition) is 4. The van der Waals surface area contributed by atoms with Crippen LogP contribution >= 0.6 is 11.3 Å². The molecule has 4 rings (SSSR count). The summed E-state index contributed by atoms with van der Waals surface area (Å²) in [6.45, 7) is 1.98. The van der Waals surface area contributed by atoms with E-state index in [0.29, 0.717) is 5.13 Å². The van der Waals surface area contributed by atoms with Crippen LogP contribution in [0.2, 0.25) is 0 Å². The summed E-state index contributed by atoms with van der Waals surface area (Å²) in [7, 11) is 0. The number of carbonyl (C=O) groups excluding carboxylic acids is 2. The van der Waals surface area contributed by atoms with E-state index in [9.17, 15) is 14.0 Å². The van der Waals surface area contributed by atoms with E-state index in [4.69, 9.17) is 0 Å². The first-order valence-corrected chi connectivity index (χ1v) is 9.19. The molecular formula is C18H18FN3O2S. The number of nitrogens with zero attached hydrogens (tertiary/aromatic N) is 2. The Balaban J connectivity index is 1.46. The van der Waals surface area contributed by atoms with E-state index in [0.717, 1.165) is 30.5 Å². The molecule has 1 atom stereocenters. The summed E-state index contributed by atoms with van der Waals surface area (Å²) in [6.07, 6.45) is 3.19. The van der Waals surface area contributed by atoms with Crippen molar-refractivity contribution in [2.24, 2.45) is 5.92 Å². The molecule has 2 heterocycles. The quantitative estimate of drug-likeness (QED) is 0.916. The van der Waals surface area contributed by atoms with E-state index < -0.39 is 11.7 Å². The third-order valence-corrected chi connectivity index (χ3v) is 5.79. The van der Waals surface area contributed by atoms with Crippen LogP contribution in [0.3, 0.4) is 0 Å². The number of hydrogen-bond donors (Lipinski definition) is 1. The van der Waals surface area contributed by atoms with Crippen molar-refractivity contribution < 1.29 is 14.0 Å². The van der Waals surface area contributed by atoms with Crippen molar-refractivity contribution in [1.82, 2.24) is 4.98 Å². The van der Waals surface area contributed by atoms with Crippen molar-refractivity contribution in [1.29, 1.82) is 0 Å². The summed E-state index contributed by atoms with van der Waals surface area (Å²) in [4.78, 5) is 31.8. The zero-order valence-corrected chi connectivity index (χ0v) is 14.7. The van der Waals surface area contributed by atoms with Gasteiger partial charge in [0, 0.05) is 17.8 Å². The van der Waals surface area contributed by atoms with Crippen LogP contribution in [-0.4, -0.2) is 23.3 Å². The van der Waals surface area contributed by atoms with Crippen LogP contribution < -0.4 is 10.2 Å². The number of benzene rings is 1. The zero-order chi connectivity index (χ0) is 17.6. The number of thiazole rings is 1. The number of nitrogens with one attached hydrogen (secondary N) is 1. The summed E-state index contributed by atoms with van der Waals surface area (Å²) in [5.74, 6) is -1.39. The van der Waals surface area contributed by atoms with Crippen LogP contribution in [-0.2, 0) is 22.4 Å². The lowest BCUT2D eigenvalue weighted by Gasteiger charge is -2.17. The minimum atomic E-state index is -0.494. The van der Waals surface area contributed by atoms with E-state index in [2.05, 4.69) is 10.3 Å². The highest BCUT2D eigenvalue weighted by Gasteiger charge is 2.36. The topological polar surface area (TPSA) is 62.3 Å². The molecule has 2 amide bonds. The molecule has 1 saturated heterocycles. The van der Waals surface area contributed by atoms with Gasteiger partial charge in [0.25, 0.3) is 0 Å². The van der Waals surface area contributed by atoms with Crippen LogP contribution in [0.4, 0.5) is 15.2 Å². The maximum absolute atomic E-state index is 14.1. The lowest BCUT2D eigenvalue weighted by atomic mass is 10.1.